The van der Waals surface area contributed by atoms with Gasteiger partial charge in [0.25, 0.3) is 0 Å². The van der Waals surface area contributed by atoms with Crippen molar-refractivity contribution in [1.29, 1.82) is 0 Å². The highest BCUT2D eigenvalue weighted by Crippen LogP contribution is 2.38. The molecule has 0 N–H and O–H groups in total. The van der Waals surface area contributed by atoms with E-state index < -0.39 is 30.2 Å². The Morgan fingerprint density at radius 1 is 1.15 bits per heavy atom. The normalized spacial score (nSPS) is 21.3. The fraction of sp³-hybridized carbons (Fsp3) is 0.583. The molecule has 0 unspecified atom stereocenters. The maximum Gasteiger partial charge on any atom is 0.497 e. The molecule has 20 heavy (non-hydrogen) atoms. The van der Waals surface area contributed by atoms with Crippen LogP contribution < -0.4 is 5.46 Å². The molecule has 0 bridgehead atoms. The van der Waals surface area contributed by atoms with E-state index in [9.17, 15) is 13.2 Å². The summed E-state index contributed by atoms with van der Waals surface area (Å²) in [6, 6.07) is 1.33. The third-order valence-corrected chi connectivity index (χ3v) is 4.09. The van der Waals surface area contributed by atoms with Gasteiger partial charge < -0.3 is 9.31 Å². The zero-order chi connectivity index (χ0) is 15.3. The maximum atomic E-state index is 13.0. The van der Waals surface area contributed by atoms with Gasteiger partial charge in [-0.15, -0.1) is 0 Å². The van der Waals surface area contributed by atoms with E-state index in [1.54, 1.807) is 27.7 Å². The SMILES string of the molecule is CC1(C)OB(c2cc(Br)cnc2C(F)(F)F)OC1(C)C. The molecule has 0 saturated carbocycles. The minimum Gasteiger partial charge on any atom is -0.399 e. The van der Waals surface area contributed by atoms with Gasteiger partial charge in [-0.2, -0.15) is 13.2 Å². The summed E-state index contributed by atoms with van der Waals surface area (Å²) in [5.74, 6) is 0. The molecule has 2 heterocycles. The minimum atomic E-state index is -4.56. The summed E-state index contributed by atoms with van der Waals surface area (Å²) in [7, 11) is -1.10. The van der Waals surface area contributed by atoms with Gasteiger partial charge in [0.2, 0.25) is 0 Å². The Hall–Kier alpha value is -0.595. The first-order chi connectivity index (χ1) is 8.94. The number of rotatable bonds is 1. The number of hydrogen-bond acceptors (Lipinski definition) is 3. The molecule has 1 fully saturated rings. The van der Waals surface area contributed by atoms with Crippen molar-refractivity contribution in [2.75, 3.05) is 0 Å². The molecule has 0 radical (unpaired) electrons. The largest absolute Gasteiger partial charge is 0.497 e. The highest BCUT2D eigenvalue weighted by Gasteiger charge is 2.54. The van der Waals surface area contributed by atoms with Crippen molar-refractivity contribution >= 4 is 28.5 Å². The number of aromatic nitrogens is 1. The number of alkyl halides is 3. The summed E-state index contributed by atoms with van der Waals surface area (Å²) in [5.41, 5.74) is -2.52. The van der Waals surface area contributed by atoms with Gasteiger partial charge in [-0.05, 0) is 49.7 Å². The zero-order valence-corrected chi connectivity index (χ0v) is 13.1. The Labute approximate surface area is 124 Å². The number of halogens is 4. The number of nitrogens with zero attached hydrogens (tertiary/aromatic N) is 1. The predicted molar refractivity (Wildman–Crippen MR) is 72.7 cm³/mol. The molecule has 1 aliphatic heterocycles. The molecule has 0 spiro atoms. The second-order valence-electron chi connectivity index (χ2n) is 5.68. The van der Waals surface area contributed by atoms with Gasteiger partial charge in [0.15, 0.2) is 0 Å². The summed E-state index contributed by atoms with van der Waals surface area (Å²) in [5, 5.41) is 0. The smallest absolute Gasteiger partial charge is 0.399 e. The van der Waals surface area contributed by atoms with E-state index in [0.717, 1.165) is 6.20 Å². The van der Waals surface area contributed by atoms with Crippen LogP contribution >= 0.6 is 15.9 Å². The third kappa shape index (κ3) is 2.73. The zero-order valence-electron chi connectivity index (χ0n) is 11.5. The fourth-order valence-electron chi connectivity index (χ4n) is 1.84. The Bertz CT molecular complexity index is 518. The lowest BCUT2D eigenvalue weighted by Gasteiger charge is -2.32. The summed E-state index contributed by atoms with van der Waals surface area (Å²) < 4.78 is 50.8. The van der Waals surface area contributed by atoms with Crippen molar-refractivity contribution in [3.63, 3.8) is 0 Å². The van der Waals surface area contributed by atoms with Crippen LogP contribution in [0.4, 0.5) is 13.2 Å². The van der Waals surface area contributed by atoms with E-state index in [1.165, 1.54) is 6.07 Å². The summed E-state index contributed by atoms with van der Waals surface area (Å²) in [6.07, 6.45) is -3.45. The van der Waals surface area contributed by atoms with Crippen LogP contribution in [-0.4, -0.2) is 23.3 Å². The summed E-state index contributed by atoms with van der Waals surface area (Å²) >= 11 is 3.13. The lowest BCUT2D eigenvalue weighted by molar-refractivity contribution is -0.140. The van der Waals surface area contributed by atoms with Crippen molar-refractivity contribution < 1.29 is 22.5 Å². The standard InChI is InChI=1S/C12H14BBrF3NO2/c1-10(2)11(3,4)20-13(19-10)8-5-7(14)6-18-9(8)12(15,16)17/h5-6H,1-4H3. The van der Waals surface area contributed by atoms with Crippen LogP contribution in [0.2, 0.25) is 0 Å². The van der Waals surface area contributed by atoms with Gasteiger partial charge in [0.1, 0.15) is 5.69 Å². The minimum absolute atomic E-state index is 0.120. The quantitative estimate of drug-likeness (QED) is 0.728. The molecule has 0 aliphatic carbocycles. The second-order valence-corrected chi connectivity index (χ2v) is 6.59. The summed E-state index contributed by atoms with van der Waals surface area (Å²) in [4.78, 5) is 3.46. The fourth-order valence-corrected chi connectivity index (χ4v) is 2.19. The molecule has 1 aliphatic rings. The molecule has 8 heteroatoms. The van der Waals surface area contributed by atoms with Crippen molar-refractivity contribution in [3.05, 3.63) is 22.4 Å². The molecule has 0 aromatic carbocycles. The average Bonchev–Trinajstić information content (AvgIpc) is 2.46. The first kappa shape index (κ1) is 15.8. The Kier molecular flexibility index (Phi) is 3.72. The monoisotopic (exact) mass is 351 g/mol. The van der Waals surface area contributed by atoms with Crippen molar-refractivity contribution in [2.45, 2.75) is 45.1 Å². The number of hydrogen-bond donors (Lipinski definition) is 0. The van der Waals surface area contributed by atoms with Gasteiger partial charge in [0, 0.05) is 16.1 Å². The van der Waals surface area contributed by atoms with Gasteiger partial charge in [-0.25, -0.2) is 0 Å². The highest BCUT2D eigenvalue weighted by atomic mass is 79.9. The lowest BCUT2D eigenvalue weighted by Crippen LogP contribution is -2.41. The van der Waals surface area contributed by atoms with Crippen LogP contribution in [-0.2, 0) is 15.5 Å². The molecule has 2 rings (SSSR count). The molecular formula is C12H14BBrF3NO2. The van der Waals surface area contributed by atoms with Gasteiger partial charge >= 0.3 is 13.3 Å². The molecule has 3 nitrogen and oxygen atoms in total. The van der Waals surface area contributed by atoms with Crippen LogP contribution in [0.15, 0.2) is 16.7 Å². The Balaban J connectivity index is 2.47. The van der Waals surface area contributed by atoms with E-state index in [0.29, 0.717) is 4.47 Å². The van der Waals surface area contributed by atoms with Gasteiger partial charge in [0.05, 0.1) is 11.2 Å². The van der Waals surface area contributed by atoms with E-state index >= 15 is 0 Å². The molecule has 0 atom stereocenters. The third-order valence-electron chi connectivity index (χ3n) is 3.66. The van der Waals surface area contributed by atoms with Crippen LogP contribution in [0.1, 0.15) is 33.4 Å². The maximum absolute atomic E-state index is 13.0. The van der Waals surface area contributed by atoms with E-state index in [-0.39, 0.29) is 5.46 Å². The molecule has 1 saturated heterocycles. The molecule has 1 aromatic heterocycles. The van der Waals surface area contributed by atoms with Crippen molar-refractivity contribution in [3.8, 4) is 0 Å². The molecular weight excluding hydrogens is 338 g/mol. The lowest BCUT2D eigenvalue weighted by atomic mass is 9.77. The molecule has 110 valence electrons. The van der Waals surface area contributed by atoms with Crippen LogP contribution in [0, 0.1) is 0 Å². The van der Waals surface area contributed by atoms with Crippen LogP contribution in [0.5, 0.6) is 0 Å². The van der Waals surface area contributed by atoms with Crippen molar-refractivity contribution in [1.82, 2.24) is 4.98 Å². The van der Waals surface area contributed by atoms with E-state index in [4.69, 9.17) is 9.31 Å². The Morgan fingerprint density at radius 2 is 1.65 bits per heavy atom. The number of pyridine rings is 1. The van der Waals surface area contributed by atoms with Gasteiger partial charge in [-0.3, -0.25) is 4.98 Å². The predicted octanol–water partition coefficient (Wildman–Crippen LogP) is 3.16. The topological polar surface area (TPSA) is 31.4 Å². The summed E-state index contributed by atoms with van der Waals surface area (Å²) in [6.45, 7) is 7.13. The van der Waals surface area contributed by atoms with Crippen molar-refractivity contribution in [2.24, 2.45) is 0 Å². The van der Waals surface area contributed by atoms with Crippen LogP contribution in [0.3, 0.4) is 0 Å². The first-order valence-electron chi connectivity index (χ1n) is 6.02. The average molecular weight is 352 g/mol. The molecule has 1 aromatic rings. The van der Waals surface area contributed by atoms with E-state index in [2.05, 4.69) is 20.9 Å². The van der Waals surface area contributed by atoms with Gasteiger partial charge in [-0.1, -0.05) is 0 Å². The highest BCUT2D eigenvalue weighted by molar-refractivity contribution is 9.10. The van der Waals surface area contributed by atoms with E-state index in [1.807, 2.05) is 0 Å². The Morgan fingerprint density at radius 3 is 2.10 bits per heavy atom. The van der Waals surface area contributed by atoms with Crippen LogP contribution in [0.25, 0.3) is 0 Å². The second kappa shape index (κ2) is 4.71. The molecule has 0 amide bonds. The first-order valence-corrected chi connectivity index (χ1v) is 6.82.